The van der Waals surface area contributed by atoms with Crippen LogP contribution in [0.15, 0.2) is 42.6 Å². The highest BCUT2D eigenvalue weighted by atomic mass is 15.3. The van der Waals surface area contributed by atoms with Gasteiger partial charge >= 0.3 is 0 Å². The Morgan fingerprint density at radius 3 is 2.29 bits per heavy atom. The molecule has 0 unspecified atom stereocenters. The lowest BCUT2D eigenvalue weighted by atomic mass is 9.86. The zero-order chi connectivity index (χ0) is 19.9. The molecule has 1 aliphatic rings. The van der Waals surface area contributed by atoms with Crippen LogP contribution >= 0.6 is 0 Å². The van der Waals surface area contributed by atoms with E-state index < -0.39 is 0 Å². The van der Waals surface area contributed by atoms with Gasteiger partial charge in [-0.15, -0.1) is 0 Å². The summed E-state index contributed by atoms with van der Waals surface area (Å²) >= 11 is 0. The summed E-state index contributed by atoms with van der Waals surface area (Å²) in [5.74, 6) is 0. The number of hydrogen-bond acceptors (Lipinski definition) is 4. The molecule has 0 amide bonds. The van der Waals surface area contributed by atoms with Crippen LogP contribution in [0, 0.1) is 0 Å². The molecule has 1 fully saturated rings. The van der Waals surface area contributed by atoms with Gasteiger partial charge in [0.2, 0.25) is 0 Å². The van der Waals surface area contributed by atoms with Crippen LogP contribution in [-0.2, 0) is 12.0 Å². The highest BCUT2D eigenvalue weighted by Gasteiger charge is 2.21. The number of rotatable bonds is 3. The van der Waals surface area contributed by atoms with E-state index in [4.69, 9.17) is 10.7 Å². The molecule has 0 bridgehead atoms. The lowest BCUT2D eigenvalue weighted by Gasteiger charge is -2.32. The maximum absolute atomic E-state index is 6.09. The first kappa shape index (κ1) is 19.0. The Labute approximate surface area is 167 Å². The van der Waals surface area contributed by atoms with Crippen molar-refractivity contribution in [1.82, 2.24) is 19.2 Å². The van der Waals surface area contributed by atoms with Gasteiger partial charge in [0.15, 0.2) is 0 Å². The molecule has 5 nitrogen and oxygen atoms in total. The second-order valence-electron chi connectivity index (χ2n) is 9.00. The van der Waals surface area contributed by atoms with Crippen LogP contribution in [0.3, 0.4) is 0 Å². The van der Waals surface area contributed by atoms with Crippen molar-refractivity contribution in [3.05, 3.63) is 53.9 Å². The Morgan fingerprint density at radius 2 is 1.64 bits per heavy atom. The van der Waals surface area contributed by atoms with Gasteiger partial charge in [-0.05, 0) is 30.2 Å². The van der Waals surface area contributed by atoms with E-state index in [0.29, 0.717) is 0 Å². The van der Waals surface area contributed by atoms with E-state index in [1.807, 2.05) is 18.3 Å². The van der Waals surface area contributed by atoms with Gasteiger partial charge in [-0.2, -0.15) is 0 Å². The number of fused-ring (bicyclic) bond motifs is 1. The molecule has 3 heterocycles. The van der Waals surface area contributed by atoms with Gasteiger partial charge in [-0.25, -0.2) is 4.98 Å². The van der Waals surface area contributed by atoms with Crippen LogP contribution < -0.4 is 5.73 Å². The summed E-state index contributed by atoms with van der Waals surface area (Å²) in [6.07, 6.45) is 2.00. The minimum absolute atomic E-state index is 0.147. The number of piperazine rings is 1. The standard InChI is InChI=1S/C23H31N5/c1-23(2,3)18-7-5-17(6-8-18)22-20(16-27-13-11-26(4)12-14-27)28-15-19(24)9-10-21(28)25-22/h5-10,15H,11-14,16,24H2,1-4H3. The van der Waals surface area contributed by atoms with Gasteiger partial charge in [0.05, 0.1) is 11.4 Å². The van der Waals surface area contributed by atoms with Gasteiger partial charge in [0, 0.05) is 50.2 Å². The number of anilines is 1. The topological polar surface area (TPSA) is 49.8 Å². The van der Waals surface area contributed by atoms with E-state index in [-0.39, 0.29) is 5.41 Å². The molecule has 0 aliphatic carbocycles. The van der Waals surface area contributed by atoms with Crippen molar-refractivity contribution in [2.45, 2.75) is 32.7 Å². The molecule has 0 saturated carbocycles. The number of benzene rings is 1. The monoisotopic (exact) mass is 377 g/mol. The van der Waals surface area contributed by atoms with E-state index >= 15 is 0 Å². The van der Waals surface area contributed by atoms with Crippen LogP contribution in [0.25, 0.3) is 16.9 Å². The van der Waals surface area contributed by atoms with Crippen molar-refractivity contribution >= 4 is 11.3 Å². The summed E-state index contributed by atoms with van der Waals surface area (Å²) < 4.78 is 2.17. The predicted octanol–water partition coefficient (Wildman–Crippen LogP) is 3.63. The third kappa shape index (κ3) is 3.77. The lowest BCUT2D eigenvalue weighted by molar-refractivity contribution is 0.147. The number of nitrogens with zero attached hydrogens (tertiary/aromatic N) is 4. The zero-order valence-electron chi connectivity index (χ0n) is 17.4. The Kier molecular flexibility index (Phi) is 4.89. The van der Waals surface area contributed by atoms with Crippen LogP contribution in [0.1, 0.15) is 32.0 Å². The van der Waals surface area contributed by atoms with Gasteiger partial charge in [0.25, 0.3) is 0 Å². The number of aromatic nitrogens is 2. The molecule has 0 radical (unpaired) electrons. The van der Waals surface area contributed by atoms with Crippen molar-refractivity contribution in [2.75, 3.05) is 39.0 Å². The van der Waals surface area contributed by atoms with Crippen LogP contribution in [0.5, 0.6) is 0 Å². The maximum Gasteiger partial charge on any atom is 0.137 e. The molecule has 148 valence electrons. The first-order valence-electron chi connectivity index (χ1n) is 10.1. The van der Waals surface area contributed by atoms with Crippen LogP contribution in [-0.4, -0.2) is 52.4 Å². The van der Waals surface area contributed by atoms with Gasteiger partial charge in [-0.1, -0.05) is 45.0 Å². The minimum atomic E-state index is 0.147. The first-order valence-corrected chi connectivity index (χ1v) is 10.1. The van der Waals surface area contributed by atoms with E-state index in [1.54, 1.807) is 0 Å². The SMILES string of the molecule is CN1CCN(Cc2c(-c3ccc(C(C)(C)C)cc3)nc3ccc(N)cn23)CC1. The molecule has 5 heteroatoms. The third-order valence-corrected chi connectivity index (χ3v) is 5.73. The summed E-state index contributed by atoms with van der Waals surface area (Å²) in [5, 5.41) is 0. The molecule has 0 atom stereocenters. The number of likely N-dealkylation sites (N-methyl/N-ethyl adjacent to an activating group) is 1. The normalized spacial score (nSPS) is 16.7. The molecule has 1 aliphatic heterocycles. The molecule has 0 spiro atoms. The molecule has 1 saturated heterocycles. The maximum atomic E-state index is 6.09. The molecule has 2 N–H and O–H groups in total. The molecule has 4 rings (SSSR count). The van der Waals surface area contributed by atoms with Crippen LogP contribution in [0.2, 0.25) is 0 Å². The third-order valence-electron chi connectivity index (χ3n) is 5.73. The van der Waals surface area contributed by atoms with Crippen molar-refractivity contribution in [3.63, 3.8) is 0 Å². The average molecular weight is 378 g/mol. The highest BCUT2D eigenvalue weighted by molar-refractivity contribution is 5.68. The second kappa shape index (κ2) is 7.22. The number of nitrogen functional groups attached to an aromatic ring is 1. The predicted molar refractivity (Wildman–Crippen MR) is 117 cm³/mol. The van der Waals surface area contributed by atoms with Gasteiger partial charge in [0.1, 0.15) is 5.65 Å². The number of imidazole rings is 1. The van der Waals surface area contributed by atoms with Gasteiger partial charge < -0.3 is 15.0 Å². The van der Waals surface area contributed by atoms with Crippen molar-refractivity contribution in [2.24, 2.45) is 0 Å². The number of nitrogens with two attached hydrogens (primary N) is 1. The Bertz CT molecular complexity index is 957. The van der Waals surface area contributed by atoms with E-state index in [0.717, 1.165) is 49.8 Å². The molecule has 1 aromatic carbocycles. The summed E-state index contributed by atoms with van der Waals surface area (Å²) in [7, 11) is 2.19. The second-order valence-corrected chi connectivity index (χ2v) is 9.00. The largest absolute Gasteiger partial charge is 0.398 e. The van der Waals surface area contributed by atoms with E-state index in [2.05, 4.69) is 66.3 Å². The molecular formula is C23H31N5. The number of pyridine rings is 1. The molecule has 28 heavy (non-hydrogen) atoms. The Balaban J connectivity index is 1.75. The Hall–Kier alpha value is -2.37. The zero-order valence-corrected chi connectivity index (χ0v) is 17.4. The fraction of sp³-hybridized carbons (Fsp3) is 0.435. The fourth-order valence-electron chi connectivity index (χ4n) is 3.84. The van der Waals surface area contributed by atoms with Crippen molar-refractivity contribution in [1.29, 1.82) is 0 Å². The quantitative estimate of drug-likeness (QED) is 0.757. The fourth-order valence-corrected chi connectivity index (χ4v) is 3.84. The Morgan fingerprint density at radius 1 is 0.964 bits per heavy atom. The summed E-state index contributed by atoms with van der Waals surface area (Å²) in [6, 6.07) is 12.8. The summed E-state index contributed by atoms with van der Waals surface area (Å²) in [4.78, 5) is 9.86. The van der Waals surface area contributed by atoms with Gasteiger partial charge in [-0.3, -0.25) is 4.90 Å². The lowest BCUT2D eigenvalue weighted by Crippen LogP contribution is -2.44. The van der Waals surface area contributed by atoms with Crippen molar-refractivity contribution in [3.8, 4) is 11.3 Å². The summed E-state index contributed by atoms with van der Waals surface area (Å²) in [6.45, 7) is 12.0. The molecular weight excluding hydrogens is 346 g/mol. The summed E-state index contributed by atoms with van der Waals surface area (Å²) in [5.41, 5.74) is 12.7. The number of hydrogen-bond donors (Lipinski definition) is 1. The molecule has 2 aromatic heterocycles. The van der Waals surface area contributed by atoms with Crippen molar-refractivity contribution < 1.29 is 0 Å². The van der Waals surface area contributed by atoms with E-state index in [1.165, 1.54) is 16.8 Å². The van der Waals surface area contributed by atoms with E-state index in [9.17, 15) is 0 Å². The molecule has 3 aromatic rings. The first-order chi connectivity index (χ1) is 13.3. The average Bonchev–Trinajstić information content (AvgIpc) is 3.01. The van der Waals surface area contributed by atoms with Crippen LogP contribution in [0.4, 0.5) is 5.69 Å². The highest BCUT2D eigenvalue weighted by Crippen LogP contribution is 2.29. The minimum Gasteiger partial charge on any atom is -0.398 e. The smallest absolute Gasteiger partial charge is 0.137 e.